The minimum Gasteiger partial charge on any atom is -0.339 e. The van der Waals surface area contributed by atoms with Crippen LogP contribution in [0.4, 0.5) is 5.95 Å². The molecule has 0 saturated heterocycles. The maximum atomic E-state index is 5.25. The standard InChI is InChI=1S/C16H23N5O/c1-10(2)15-19-14(20-22-15)9-21(4)16-17-11(3)8-13(18-16)12-6-5-7-12/h8,10,12H,5-7,9H2,1-4H3. The predicted molar refractivity (Wildman–Crippen MR) is 83.9 cm³/mol. The van der Waals surface area contributed by atoms with E-state index in [4.69, 9.17) is 9.51 Å². The van der Waals surface area contributed by atoms with E-state index >= 15 is 0 Å². The third-order valence-corrected chi connectivity index (χ3v) is 4.08. The second-order valence-corrected chi connectivity index (χ2v) is 6.42. The molecule has 0 aromatic carbocycles. The van der Waals surface area contributed by atoms with Gasteiger partial charge in [-0.25, -0.2) is 9.97 Å². The summed E-state index contributed by atoms with van der Waals surface area (Å²) in [5.74, 6) is 2.92. The maximum Gasteiger partial charge on any atom is 0.229 e. The summed E-state index contributed by atoms with van der Waals surface area (Å²) in [6.45, 7) is 6.64. The molecule has 118 valence electrons. The van der Waals surface area contributed by atoms with Gasteiger partial charge in [-0.05, 0) is 25.8 Å². The van der Waals surface area contributed by atoms with Crippen LogP contribution in [0.1, 0.15) is 68.0 Å². The molecule has 2 aromatic heterocycles. The Morgan fingerprint density at radius 1 is 1.27 bits per heavy atom. The molecule has 0 radical (unpaired) electrons. The third kappa shape index (κ3) is 3.10. The molecule has 0 N–H and O–H groups in total. The fourth-order valence-electron chi connectivity index (χ4n) is 2.51. The highest BCUT2D eigenvalue weighted by Crippen LogP contribution is 2.35. The van der Waals surface area contributed by atoms with E-state index in [1.54, 1.807) is 0 Å². The van der Waals surface area contributed by atoms with Crippen LogP contribution in [0.15, 0.2) is 10.6 Å². The third-order valence-electron chi connectivity index (χ3n) is 4.08. The molecule has 0 bridgehead atoms. The summed E-state index contributed by atoms with van der Waals surface area (Å²) in [6.07, 6.45) is 3.78. The van der Waals surface area contributed by atoms with Gasteiger partial charge in [0.2, 0.25) is 11.8 Å². The zero-order chi connectivity index (χ0) is 15.7. The Morgan fingerprint density at radius 2 is 2.05 bits per heavy atom. The van der Waals surface area contributed by atoms with E-state index in [1.807, 2.05) is 32.7 Å². The lowest BCUT2D eigenvalue weighted by Gasteiger charge is -2.26. The Labute approximate surface area is 131 Å². The zero-order valence-electron chi connectivity index (χ0n) is 13.7. The minimum atomic E-state index is 0.243. The second kappa shape index (κ2) is 6.02. The van der Waals surface area contributed by atoms with Crippen LogP contribution in [0, 0.1) is 6.92 Å². The number of rotatable bonds is 5. The SMILES string of the molecule is Cc1cc(C2CCC2)nc(N(C)Cc2noc(C(C)C)n2)n1. The van der Waals surface area contributed by atoms with Crippen molar-refractivity contribution >= 4 is 5.95 Å². The highest BCUT2D eigenvalue weighted by Gasteiger charge is 2.22. The van der Waals surface area contributed by atoms with Gasteiger partial charge in [0.1, 0.15) is 0 Å². The van der Waals surface area contributed by atoms with E-state index in [-0.39, 0.29) is 5.92 Å². The van der Waals surface area contributed by atoms with Crippen LogP contribution in [0.2, 0.25) is 0 Å². The van der Waals surface area contributed by atoms with E-state index in [9.17, 15) is 0 Å². The van der Waals surface area contributed by atoms with Crippen molar-refractivity contribution in [1.82, 2.24) is 20.1 Å². The van der Waals surface area contributed by atoms with Crippen LogP contribution in [0.25, 0.3) is 0 Å². The molecule has 3 rings (SSSR count). The minimum absolute atomic E-state index is 0.243. The lowest BCUT2D eigenvalue weighted by molar-refractivity contribution is 0.360. The van der Waals surface area contributed by atoms with Crippen molar-refractivity contribution in [2.45, 2.75) is 58.4 Å². The largest absolute Gasteiger partial charge is 0.339 e. The zero-order valence-corrected chi connectivity index (χ0v) is 13.7. The van der Waals surface area contributed by atoms with Gasteiger partial charge < -0.3 is 9.42 Å². The van der Waals surface area contributed by atoms with Gasteiger partial charge >= 0.3 is 0 Å². The monoisotopic (exact) mass is 301 g/mol. The molecule has 1 saturated carbocycles. The van der Waals surface area contributed by atoms with Gasteiger partial charge in [0, 0.05) is 30.3 Å². The smallest absolute Gasteiger partial charge is 0.229 e. The van der Waals surface area contributed by atoms with E-state index in [2.05, 4.69) is 21.2 Å². The van der Waals surface area contributed by atoms with Crippen molar-refractivity contribution in [3.05, 3.63) is 29.2 Å². The quantitative estimate of drug-likeness (QED) is 0.845. The normalized spacial score (nSPS) is 15.1. The predicted octanol–water partition coefficient (Wildman–Crippen LogP) is 3.20. The van der Waals surface area contributed by atoms with Crippen molar-refractivity contribution < 1.29 is 4.52 Å². The highest BCUT2D eigenvalue weighted by atomic mass is 16.5. The summed E-state index contributed by atoms with van der Waals surface area (Å²) >= 11 is 0. The van der Waals surface area contributed by atoms with Crippen molar-refractivity contribution in [3.8, 4) is 0 Å². The van der Waals surface area contributed by atoms with Crippen LogP contribution in [0.5, 0.6) is 0 Å². The van der Waals surface area contributed by atoms with Crippen LogP contribution in [-0.4, -0.2) is 27.2 Å². The lowest BCUT2D eigenvalue weighted by atomic mass is 9.83. The van der Waals surface area contributed by atoms with Crippen molar-refractivity contribution in [2.24, 2.45) is 0 Å². The Balaban J connectivity index is 1.75. The molecule has 22 heavy (non-hydrogen) atoms. The van der Waals surface area contributed by atoms with Crippen molar-refractivity contribution in [3.63, 3.8) is 0 Å². The Hall–Kier alpha value is -1.98. The Bertz CT molecular complexity index is 648. The van der Waals surface area contributed by atoms with Gasteiger partial charge in [-0.15, -0.1) is 0 Å². The maximum absolute atomic E-state index is 5.25. The molecule has 1 aliphatic carbocycles. The van der Waals surface area contributed by atoms with Gasteiger partial charge in [-0.1, -0.05) is 25.4 Å². The average molecular weight is 301 g/mol. The van der Waals surface area contributed by atoms with Crippen LogP contribution in [-0.2, 0) is 6.54 Å². The second-order valence-electron chi connectivity index (χ2n) is 6.42. The van der Waals surface area contributed by atoms with E-state index < -0.39 is 0 Å². The number of hydrogen-bond acceptors (Lipinski definition) is 6. The van der Waals surface area contributed by atoms with Crippen molar-refractivity contribution in [1.29, 1.82) is 0 Å². The first-order valence-corrected chi connectivity index (χ1v) is 7.92. The lowest BCUT2D eigenvalue weighted by Crippen LogP contribution is -2.22. The molecule has 6 heteroatoms. The van der Waals surface area contributed by atoms with E-state index in [0.29, 0.717) is 24.2 Å². The Morgan fingerprint density at radius 3 is 2.64 bits per heavy atom. The molecule has 0 atom stereocenters. The van der Waals surface area contributed by atoms with E-state index in [1.165, 1.54) is 19.3 Å². The molecule has 0 unspecified atom stereocenters. The number of aryl methyl sites for hydroxylation is 1. The topological polar surface area (TPSA) is 67.9 Å². The molecule has 0 spiro atoms. The summed E-state index contributed by atoms with van der Waals surface area (Å²) in [5.41, 5.74) is 2.17. The molecule has 2 aromatic rings. The highest BCUT2D eigenvalue weighted by molar-refractivity contribution is 5.32. The van der Waals surface area contributed by atoms with Gasteiger partial charge in [-0.2, -0.15) is 4.98 Å². The number of aromatic nitrogens is 4. The summed E-state index contributed by atoms with van der Waals surface area (Å²) in [5, 5.41) is 4.03. The van der Waals surface area contributed by atoms with Crippen LogP contribution < -0.4 is 4.90 Å². The summed E-state index contributed by atoms with van der Waals surface area (Å²) < 4.78 is 5.25. The fourth-order valence-corrected chi connectivity index (χ4v) is 2.51. The molecule has 1 fully saturated rings. The number of nitrogens with zero attached hydrogens (tertiary/aromatic N) is 5. The first-order chi connectivity index (χ1) is 10.5. The molecular weight excluding hydrogens is 278 g/mol. The van der Waals surface area contributed by atoms with Gasteiger partial charge in [0.05, 0.1) is 6.54 Å². The molecule has 2 heterocycles. The molecule has 1 aliphatic rings. The molecule has 0 aliphatic heterocycles. The van der Waals surface area contributed by atoms with Gasteiger partial charge in [0.15, 0.2) is 5.82 Å². The summed E-state index contributed by atoms with van der Waals surface area (Å²) in [6, 6.07) is 2.10. The summed E-state index contributed by atoms with van der Waals surface area (Å²) in [4.78, 5) is 15.6. The van der Waals surface area contributed by atoms with Gasteiger partial charge in [0.25, 0.3) is 0 Å². The Kier molecular flexibility index (Phi) is 4.09. The average Bonchev–Trinajstić information content (AvgIpc) is 2.84. The molecular formula is C16H23N5O. The van der Waals surface area contributed by atoms with Gasteiger partial charge in [-0.3, -0.25) is 0 Å². The van der Waals surface area contributed by atoms with E-state index in [0.717, 1.165) is 17.3 Å². The summed E-state index contributed by atoms with van der Waals surface area (Å²) in [7, 11) is 1.96. The first kappa shape index (κ1) is 14.9. The molecule has 6 nitrogen and oxygen atoms in total. The fraction of sp³-hybridized carbons (Fsp3) is 0.625. The number of anilines is 1. The number of hydrogen-bond donors (Lipinski definition) is 0. The van der Waals surface area contributed by atoms with Crippen LogP contribution in [0.3, 0.4) is 0 Å². The first-order valence-electron chi connectivity index (χ1n) is 7.92. The van der Waals surface area contributed by atoms with Crippen molar-refractivity contribution in [2.75, 3.05) is 11.9 Å². The molecule has 0 amide bonds. The van der Waals surface area contributed by atoms with Crippen LogP contribution >= 0.6 is 0 Å².